The van der Waals surface area contributed by atoms with Crippen molar-refractivity contribution >= 4 is 11.8 Å². The quantitative estimate of drug-likeness (QED) is 0.622. The zero-order chi connectivity index (χ0) is 25.7. The summed E-state index contributed by atoms with van der Waals surface area (Å²) in [5.41, 5.74) is -0.221. The van der Waals surface area contributed by atoms with Crippen LogP contribution in [0.3, 0.4) is 0 Å². The number of rotatable bonds is 7. The van der Waals surface area contributed by atoms with Gasteiger partial charge in [0.1, 0.15) is 0 Å². The summed E-state index contributed by atoms with van der Waals surface area (Å²) >= 11 is 0. The number of hydrogen-bond donors (Lipinski definition) is 1. The van der Waals surface area contributed by atoms with Crippen LogP contribution in [0.1, 0.15) is 99.4 Å². The molecule has 7 nitrogen and oxygen atoms in total. The molecular formula is C29H43N3O4. The van der Waals surface area contributed by atoms with Crippen LogP contribution in [0.4, 0.5) is 0 Å². The van der Waals surface area contributed by atoms with Crippen LogP contribution in [0.5, 0.6) is 0 Å². The highest BCUT2D eigenvalue weighted by Gasteiger charge is 2.56. The molecule has 4 fully saturated rings. The average Bonchev–Trinajstić information content (AvgIpc) is 3.56. The van der Waals surface area contributed by atoms with Crippen molar-refractivity contribution in [1.29, 1.82) is 0 Å². The Morgan fingerprint density at radius 2 is 1.81 bits per heavy atom. The fourth-order valence-corrected chi connectivity index (χ4v) is 7.07. The predicted octanol–water partition coefficient (Wildman–Crippen LogP) is 3.78. The van der Waals surface area contributed by atoms with Crippen molar-refractivity contribution in [1.82, 2.24) is 14.4 Å². The molecule has 1 saturated heterocycles. The second kappa shape index (κ2) is 9.62. The molecule has 198 valence electrons. The maximum absolute atomic E-state index is 13.4. The first-order valence-electron chi connectivity index (χ1n) is 14.1. The first-order valence-corrected chi connectivity index (χ1v) is 14.1. The van der Waals surface area contributed by atoms with Crippen molar-refractivity contribution in [3.05, 3.63) is 33.7 Å². The van der Waals surface area contributed by atoms with Crippen LogP contribution in [0.25, 0.3) is 0 Å². The maximum Gasteiger partial charge on any atom is 0.255 e. The second-order valence-corrected chi connectivity index (χ2v) is 12.5. The molecule has 0 unspecified atom stereocenters. The van der Waals surface area contributed by atoms with Crippen LogP contribution < -0.4 is 5.56 Å². The molecule has 1 aromatic heterocycles. The molecule has 1 aromatic rings. The predicted molar refractivity (Wildman–Crippen MR) is 139 cm³/mol. The summed E-state index contributed by atoms with van der Waals surface area (Å²) in [5.74, 6) is 1.12. The third-order valence-corrected chi connectivity index (χ3v) is 9.73. The number of carbonyl (C=O) groups excluding carboxylic acids is 2. The first kappa shape index (κ1) is 25.5. The van der Waals surface area contributed by atoms with E-state index in [1.807, 2.05) is 4.90 Å². The van der Waals surface area contributed by atoms with Crippen molar-refractivity contribution in [2.24, 2.45) is 17.3 Å². The maximum atomic E-state index is 13.4. The summed E-state index contributed by atoms with van der Waals surface area (Å²) in [5, 5.41) is 12.2. The number of nitrogens with zero attached hydrogens (tertiary/aromatic N) is 3. The van der Waals surface area contributed by atoms with Crippen LogP contribution in [0.15, 0.2) is 17.1 Å². The highest BCUT2D eigenvalue weighted by atomic mass is 16.3. The number of aromatic nitrogens is 1. The van der Waals surface area contributed by atoms with Gasteiger partial charge in [0, 0.05) is 50.8 Å². The number of likely N-dealkylation sites (tertiary alicyclic amines) is 1. The lowest BCUT2D eigenvalue weighted by Gasteiger charge is -2.53. The van der Waals surface area contributed by atoms with Crippen LogP contribution in [0.2, 0.25) is 0 Å². The molecular weight excluding hydrogens is 454 g/mol. The fourth-order valence-electron chi connectivity index (χ4n) is 7.07. The van der Waals surface area contributed by atoms with Crippen molar-refractivity contribution in [3.63, 3.8) is 0 Å². The van der Waals surface area contributed by atoms with Gasteiger partial charge < -0.3 is 19.5 Å². The first-order chi connectivity index (χ1) is 17.1. The Labute approximate surface area is 214 Å². The Hall–Kier alpha value is -2.15. The molecule has 1 spiro atoms. The van der Waals surface area contributed by atoms with E-state index in [1.54, 1.807) is 35.8 Å². The fraction of sp³-hybridized carbons (Fsp3) is 0.759. The molecule has 5 rings (SSSR count). The molecule has 2 amide bonds. The Bertz CT molecular complexity index is 1060. The topological polar surface area (TPSA) is 82.8 Å². The molecule has 7 heteroatoms. The molecule has 4 aliphatic rings. The number of carbonyl (C=O) groups is 2. The number of piperidine rings is 1. The normalized spacial score (nSPS) is 26.6. The SMILES string of the molecule is C[C@H](CC1CCC1)C(=O)N1CC[C@@](O)(Cn2cc(C(=O)N(C)C)c(C3CC3)cc2=O)C2(CCCC2)C1. The van der Waals surface area contributed by atoms with E-state index in [4.69, 9.17) is 0 Å². The lowest BCUT2D eigenvalue weighted by molar-refractivity contribution is -0.163. The van der Waals surface area contributed by atoms with Gasteiger partial charge in [-0.25, -0.2) is 0 Å². The van der Waals surface area contributed by atoms with Gasteiger partial charge in [-0.1, -0.05) is 39.0 Å². The van der Waals surface area contributed by atoms with Crippen molar-refractivity contribution in [2.45, 2.75) is 95.6 Å². The minimum atomic E-state index is -1.08. The third-order valence-electron chi connectivity index (χ3n) is 9.73. The van der Waals surface area contributed by atoms with E-state index < -0.39 is 11.0 Å². The zero-order valence-electron chi connectivity index (χ0n) is 22.3. The van der Waals surface area contributed by atoms with E-state index in [1.165, 1.54) is 19.3 Å². The number of hydrogen-bond acceptors (Lipinski definition) is 4. The van der Waals surface area contributed by atoms with E-state index in [9.17, 15) is 19.5 Å². The zero-order valence-corrected chi connectivity index (χ0v) is 22.3. The summed E-state index contributed by atoms with van der Waals surface area (Å²) in [6.07, 6.45) is 12.7. The van der Waals surface area contributed by atoms with Crippen LogP contribution in [0, 0.1) is 17.3 Å². The smallest absolute Gasteiger partial charge is 0.255 e. The van der Waals surface area contributed by atoms with Gasteiger partial charge in [0.05, 0.1) is 17.7 Å². The van der Waals surface area contributed by atoms with E-state index >= 15 is 0 Å². The van der Waals surface area contributed by atoms with E-state index in [2.05, 4.69) is 6.92 Å². The molecule has 1 N–H and O–H groups in total. The van der Waals surface area contributed by atoms with Crippen molar-refractivity contribution in [2.75, 3.05) is 27.2 Å². The van der Waals surface area contributed by atoms with E-state index in [0.29, 0.717) is 31.0 Å². The summed E-state index contributed by atoms with van der Waals surface area (Å²) in [4.78, 5) is 43.1. The van der Waals surface area contributed by atoms with Crippen LogP contribution in [-0.2, 0) is 11.3 Å². The minimum Gasteiger partial charge on any atom is -0.387 e. The molecule has 36 heavy (non-hydrogen) atoms. The number of pyridine rings is 1. The van der Waals surface area contributed by atoms with Crippen LogP contribution >= 0.6 is 0 Å². The van der Waals surface area contributed by atoms with E-state index in [-0.39, 0.29) is 35.8 Å². The van der Waals surface area contributed by atoms with Gasteiger partial charge in [-0.2, -0.15) is 0 Å². The summed E-state index contributed by atoms with van der Waals surface area (Å²) < 4.78 is 1.57. The molecule has 2 heterocycles. The number of aliphatic hydroxyl groups is 1. The molecule has 1 aliphatic heterocycles. The van der Waals surface area contributed by atoms with Gasteiger partial charge in [0.25, 0.3) is 11.5 Å². The Kier molecular flexibility index (Phi) is 6.81. The van der Waals surface area contributed by atoms with Crippen molar-refractivity contribution < 1.29 is 14.7 Å². The van der Waals surface area contributed by atoms with Gasteiger partial charge in [-0.3, -0.25) is 14.4 Å². The van der Waals surface area contributed by atoms with Crippen LogP contribution in [-0.4, -0.2) is 64.1 Å². The highest BCUT2D eigenvalue weighted by Crippen LogP contribution is 2.52. The minimum absolute atomic E-state index is 0.0251. The van der Waals surface area contributed by atoms with Gasteiger partial charge in [0.15, 0.2) is 0 Å². The largest absolute Gasteiger partial charge is 0.387 e. The van der Waals surface area contributed by atoms with Gasteiger partial charge in [-0.15, -0.1) is 0 Å². The molecule has 3 aliphatic carbocycles. The van der Waals surface area contributed by atoms with Crippen molar-refractivity contribution in [3.8, 4) is 0 Å². The monoisotopic (exact) mass is 497 g/mol. The molecule has 0 aromatic carbocycles. The highest BCUT2D eigenvalue weighted by molar-refractivity contribution is 5.95. The van der Waals surface area contributed by atoms with Gasteiger partial charge in [-0.05, 0) is 55.9 Å². The molecule has 0 radical (unpaired) electrons. The van der Waals surface area contributed by atoms with Gasteiger partial charge in [0.2, 0.25) is 5.91 Å². The lowest BCUT2D eigenvalue weighted by Crippen LogP contribution is -2.62. The average molecular weight is 498 g/mol. The lowest BCUT2D eigenvalue weighted by atomic mass is 9.65. The van der Waals surface area contributed by atoms with E-state index in [0.717, 1.165) is 50.5 Å². The summed E-state index contributed by atoms with van der Waals surface area (Å²) in [7, 11) is 3.46. The molecule has 2 atom stereocenters. The summed E-state index contributed by atoms with van der Waals surface area (Å²) in [6, 6.07) is 1.62. The molecule has 0 bridgehead atoms. The Morgan fingerprint density at radius 1 is 1.11 bits per heavy atom. The standard InChI is InChI=1S/C29H43N3O4/c1-20(15-21-7-6-8-21)26(34)31-14-13-29(36,28(18-31)11-4-5-12-28)19-32-17-24(27(35)30(2)3)23(16-25(32)33)22-9-10-22/h16-17,20-22,36H,4-15,18-19H2,1-3H3/t20-,29-/m1/s1. The second-order valence-electron chi connectivity index (χ2n) is 12.5. The summed E-state index contributed by atoms with van der Waals surface area (Å²) in [6.45, 7) is 3.32. The number of amides is 2. The third kappa shape index (κ3) is 4.64. The van der Waals surface area contributed by atoms with Gasteiger partial charge >= 0.3 is 0 Å². The Balaban J connectivity index is 1.39. The molecule has 3 saturated carbocycles. The Morgan fingerprint density at radius 3 is 2.39 bits per heavy atom.